The number of benzene rings is 2. The van der Waals surface area contributed by atoms with Gasteiger partial charge >= 0.3 is 12.1 Å². The number of carboxylic acids is 1. The van der Waals surface area contributed by atoms with Crippen molar-refractivity contribution in [2.45, 2.75) is 37.1 Å². The van der Waals surface area contributed by atoms with Crippen molar-refractivity contribution in [2.75, 3.05) is 26.4 Å². The maximum Gasteiger partial charge on any atom is 0.407 e. The Labute approximate surface area is 192 Å². The molecule has 1 fully saturated rings. The third-order valence-corrected chi connectivity index (χ3v) is 6.34. The molecule has 8 heteroatoms. The minimum Gasteiger partial charge on any atom is -0.480 e. The van der Waals surface area contributed by atoms with E-state index in [1.54, 1.807) is 0 Å². The van der Waals surface area contributed by atoms with Crippen LogP contribution in [0.4, 0.5) is 4.79 Å². The number of carbonyl (C=O) groups is 3. The fraction of sp³-hybridized carbons (Fsp3) is 0.400. The van der Waals surface area contributed by atoms with Crippen LogP contribution in [0.3, 0.4) is 0 Å². The predicted octanol–water partition coefficient (Wildman–Crippen LogP) is 3.06. The number of aliphatic carboxylic acids is 1. The molecule has 1 saturated carbocycles. The highest BCUT2D eigenvalue weighted by molar-refractivity contribution is 5.87. The molecule has 0 radical (unpaired) electrons. The summed E-state index contributed by atoms with van der Waals surface area (Å²) in [7, 11) is 0. The molecule has 8 nitrogen and oxygen atoms in total. The Bertz CT molecular complexity index is 986. The fourth-order valence-corrected chi connectivity index (χ4v) is 4.71. The number of carbonyl (C=O) groups excluding carboxylic acids is 2. The maximum atomic E-state index is 12.1. The monoisotopic (exact) mass is 452 g/mol. The molecule has 33 heavy (non-hydrogen) atoms. The van der Waals surface area contributed by atoms with Gasteiger partial charge in [0.1, 0.15) is 18.8 Å². The third kappa shape index (κ3) is 5.01. The molecule has 0 spiro atoms. The van der Waals surface area contributed by atoms with E-state index >= 15 is 0 Å². The summed E-state index contributed by atoms with van der Waals surface area (Å²) in [5.41, 5.74) is 3.43. The lowest BCUT2D eigenvalue weighted by Gasteiger charge is -2.25. The average Bonchev–Trinajstić information content (AvgIpc) is 3.41. The van der Waals surface area contributed by atoms with E-state index in [-0.39, 0.29) is 32.3 Å². The number of ether oxygens (including phenoxy) is 2. The second-order valence-corrected chi connectivity index (χ2v) is 8.45. The van der Waals surface area contributed by atoms with Crippen LogP contribution < -0.4 is 10.6 Å². The van der Waals surface area contributed by atoms with Crippen LogP contribution in [0.2, 0.25) is 0 Å². The molecule has 0 atom stereocenters. The average molecular weight is 453 g/mol. The van der Waals surface area contributed by atoms with Crippen molar-refractivity contribution in [1.29, 1.82) is 0 Å². The van der Waals surface area contributed by atoms with Gasteiger partial charge in [-0.05, 0) is 35.1 Å². The molecule has 2 aliphatic carbocycles. The molecule has 0 unspecified atom stereocenters. The highest BCUT2D eigenvalue weighted by atomic mass is 16.5. The first-order valence-electron chi connectivity index (χ1n) is 11.2. The lowest BCUT2D eigenvalue weighted by atomic mass is 9.98. The largest absolute Gasteiger partial charge is 0.480 e. The number of fused-ring (bicyclic) bond motifs is 3. The van der Waals surface area contributed by atoms with Crippen LogP contribution in [0.1, 0.15) is 42.7 Å². The van der Waals surface area contributed by atoms with Crippen molar-refractivity contribution in [1.82, 2.24) is 10.6 Å². The van der Waals surface area contributed by atoms with Gasteiger partial charge in [-0.3, -0.25) is 4.79 Å². The Morgan fingerprint density at radius 3 is 2.18 bits per heavy atom. The summed E-state index contributed by atoms with van der Waals surface area (Å²) in [6.07, 6.45) is 1.85. The minimum atomic E-state index is -1.18. The van der Waals surface area contributed by atoms with E-state index in [2.05, 4.69) is 34.9 Å². The van der Waals surface area contributed by atoms with Gasteiger partial charge in [-0.2, -0.15) is 0 Å². The summed E-state index contributed by atoms with van der Waals surface area (Å²) in [5, 5.41) is 14.6. The van der Waals surface area contributed by atoms with Crippen molar-refractivity contribution in [3.05, 3.63) is 59.7 Å². The van der Waals surface area contributed by atoms with Gasteiger partial charge in [0.15, 0.2) is 0 Å². The van der Waals surface area contributed by atoms with Crippen LogP contribution in [0, 0.1) is 0 Å². The Morgan fingerprint density at radius 2 is 1.58 bits per heavy atom. The Hall–Kier alpha value is -3.39. The molecule has 2 aliphatic rings. The maximum absolute atomic E-state index is 12.1. The lowest BCUT2D eigenvalue weighted by Crippen LogP contribution is -2.53. The van der Waals surface area contributed by atoms with Crippen LogP contribution in [0.25, 0.3) is 11.1 Å². The molecule has 2 amide bonds. The molecule has 0 aromatic heterocycles. The van der Waals surface area contributed by atoms with Gasteiger partial charge < -0.3 is 25.2 Å². The topological polar surface area (TPSA) is 114 Å². The molecular formula is C25H28N2O6. The second kappa shape index (κ2) is 10.0. The zero-order valence-electron chi connectivity index (χ0n) is 18.3. The highest BCUT2D eigenvalue weighted by Crippen LogP contribution is 2.44. The SMILES string of the molecule is O=C(COCCNC(=O)OCC1c2ccccc2-c2ccccc21)NC1(C(=O)O)CCCC1. The van der Waals surface area contributed by atoms with Crippen molar-refractivity contribution in [2.24, 2.45) is 0 Å². The van der Waals surface area contributed by atoms with E-state index < -0.39 is 23.5 Å². The van der Waals surface area contributed by atoms with Crippen LogP contribution in [0.15, 0.2) is 48.5 Å². The van der Waals surface area contributed by atoms with Crippen molar-refractivity contribution in [3.8, 4) is 11.1 Å². The summed E-state index contributed by atoms with van der Waals surface area (Å²) in [5.74, 6) is -1.49. The summed E-state index contributed by atoms with van der Waals surface area (Å²) < 4.78 is 10.7. The van der Waals surface area contributed by atoms with E-state index in [1.165, 1.54) is 0 Å². The van der Waals surface area contributed by atoms with E-state index in [1.807, 2.05) is 24.3 Å². The van der Waals surface area contributed by atoms with Crippen molar-refractivity contribution >= 4 is 18.0 Å². The zero-order chi connectivity index (χ0) is 23.3. The van der Waals surface area contributed by atoms with Gasteiger partial charge in [0, 0.05) is 12.5 Å². The van der Waals surface area contributed by atoms with Crippen molar-refractivity contribution in [3.63, 3.8) is 0 Å². The number of alkyl carbamates (subject to hydrolysis) is 1. The summed E-state index contributed by atoms with van der Waals surface area (Å²) in [6.45, 7) is 0.244. The van der Waals surface area contributed by atoms with Crippen LogP contribution in [0.5, 0.6) is 0 Å². The van der Waals surface area contributed by atoms with Gasteiger partial charge in [-0.1, -0.05) is 61.4 Å². The molecule has 0 saturated heterocycles. The Balaban J connectivity index is 1.17. The molecule has 174 valence electrons. The molecule has 2 aromatic rings. The van der Waals surface area contributed by atoms with Gasteiger partial charge in [-0.15, -0.1) is 0 Å². The lowest BCUT2D eigenvalue weighted by molar-refractivity contribution is -0.148. The van der Waals surface area contributed by atoms with E-state index in [0.717, 1.165) is 35.1 Å². The van der Waals surface area contributed by atoms with Gasteiger partial charge in [-0.25, -0.2) is 9.59 Å². The number of nitrogens with one attached hydrogen (secondary N) is 2. The van der Waals surface area contributed by atoms with E-state index in [0.29, 0.717) is 12.8 Å². The molecule has 3 N–H and O–H groups in total. The normalized spacial score (nSPS) is 16.0. The van der Waals surface area contributed by atoms with E-state index in [4.69, 9.17) is 9.47 Å². The number of amides is 2. The number of rotatable bonds is 9. The highest BCUT2D eigenvalue weighted by Gasteiger charge is 2.42. The van der Waals surface area contributed by atoms with Crippen LogP contribution >= 0.6 is 0 Å². The number of hydrogen-bond acceptors (Lipinski definition) is 5. The first kappa shape index (κ1) is 22.8. The van der Waals surface area contributed by atoms with Crippen LogP contribution in [-0.4, -0.2) is 55.0 Å². The summed E-state index contributed by atoms with van der Waals surface area (Å²) >= 11 is 0. The van der Waals surface area contributed by atoms with Crippen molar-refractivity contribution < 1.29 is 29.0 Å². The quantitative estimate of drug-likeness (QED) is 0.504. The number of hydrogen-bond donors (Lipinski definition) is 3. The number of carboxylic acid groups (broad SMARTS) is 1. The first-order chi connectivity index (χ1) is 16.0. The molecule has 2 aromatic carbocycles. The molecule has 4 rings (SSSR count). The summed E-state index contributed by atoms with van der Waals surface area (Å²) in [4.78, 5) is 35.7. The molecule has 0 bridgehead atoms. The first-order valence-corrected chi connectivity index (χ1v) is 11.2. The van der Waals surface area contributed by atoms with Gasteiger partial charge in [0.25, 0.3) is 0 Å². The molecule has 0 heterocycles. The Kier molecular flexibility index (Phi) is 6.93. The van der Waals surface area contributed by atoms with Gasteiger partial charge in [0.05, 0.1) is 6.61 Å². The minimum absolute atomic E-state index is 0.0137. The summed E-state index contributed by atoms with van der Waals surface area (Å²) in [6, 6.07) is 16.2. The fourth-order valence-electron chi connectivity index (χ4n) is 4.71. The second-order valence-electron chi connectivity index (χ2n) is 8.45. The van der Waals surface area contributed by atoms with Gasteiger partial charge in [0.2, 0.25) is 5.91 Å². The third-order valence-electron chi connectivity index (χ3n) is 6.34. The van der Waals surface area contributed by atoms with E-state index in [9.17, 15) is 19.5 Å². The molecular weight excluding hydrogens is 424 g/mol. The Morgan fingerprint density at radius 1 is 0.970 bits per heavy atom. The van der Waals surface area contributed by atoms with Crippen LogP contribution in [-0.2, 0) is 19.1 Å². The predicted molar refractivity (Wildman–Crippen MR) is 121 cm³/mol. The zero-order valence-corrected chi connectivity index (χ0v) is 18.3. The smallest absolute Gasteiger partial charge is 0.407 e. The standard InChI is InChI=1S/C25H28N2O6/c28-22(27-25(23(29)30)11-5-6-12-25)16-32-14-13-26-24(31)33-15-21-19-9-3-1-7-17(19)18-8-2-4-10-20(18)21/h1-4,7-10,21H,5-6,11-16H2,(H,26,31)(H,27,28)(H,29,30). The molecule has 0 aliphatic heterocycles.